The van der Waals surface area contributed by atoms with Crippen molar-refractivity contribution in [3.05, 3.63) is 33.1 Å². The molecule has 0 bridgehead atoms. The number of hydrogen-bond acceptors (Lipinski definition) is 12. The van der Waals surface area contributed by atoms with Crippen LogP contribution in [0.15, 0.2) is 21.9 Å². The average Bonchev–Trinajstić information content (AvgIpc) is 2.78. The van der Waals surface area contributed by atoms with Crippen LogP contribution in [0.25, 0.3) is 0 Å². The summed E-state index contributed by atoms with van der Waals surface area (Å²) in [5.41, 5.74) is -1.68. The molecule has 2 aliphatic rings. The minimum Gasteiger partial charge on any atom is -0.387 e. The fourth-order valence-corrected chi connectivity index (χ4v) is 7.30. The molecule has 16 nitrogen and oxygen atoms in total. The number of rotatable bonds is 4. The number of hydrogen-bond donors (Lipinski definition) is 5. The van der Waals surface area contributed by atoms with Crippen molar-refractivity contribution in [3.8, 4) is 0 Å². The van der Waals surface area contributed by atoms with Crippen molar-refractivity contribution >= 4 is 23.5 Å². The molecule has 0 radical (unpaired) electrons. The maximum absolute atomic E-state index is 12.1. The van der Waals surface area contributed by atoms with Crippen molar-refractivity contribution in [3.63, 3.8) is 0 Å². The number of aliphatic hydroxyl groups is 2. The molecule has 6 atom stereocenters. The molecule has 0 spiro atoms. The molecule has 1 aromatic heterocycles. The number of ether oxygens (including phenoxy) is 1. The van der Waals surface area contributed by atoms with Gasteiger partial charge in [0.1, 0.15) is 18.3 Å². The first kappa shape index (κ1) is 21.7. The van der Waals surface area contributed by atoms with E-state index in [1.807, 2.05) is 4.98 Å². The lowest BCUT2D eigenvalue weighted by Crippen LogP contribution is -2.37. The fraction of sp³-hybridized carbons (Fsp3) is 0.556. The fourth-order valence-electron chi connectivity index (χ4n) is 2.36. The number of nitrogens with zero attached hydrogens (tertiary/aromatic N) is 1. The van der Waals surface area contributed by atoms with Gasteiger partial charge in [-0.3, -0.25) is 18.9 Å². The summed E-state index contributed by atoms with van der Waals surface area (Å²) in [6, 6.07) is 0.952. The molecule has 3 heterocycles. The van der Waals surface area contributed by atoms with Crippen molar-refractivity contribution in [1.82, 2.24) is 9.55 Å². The summed E-state index contributed by atoms with van der Waals surface area (Å²) in [5, 5.41) is 20.0. The lowest BCUT2D eigenvalue weighted by Gasteiger charge is -2.27. The SMILES string of the molecule is O=c1ccn([C@@H]2O[C@H](COP3(=O)OP(=O)(O)OP(=O)(O)O3)[C@H](O)[C@H]2O)c(=O)[nH]1. The summed E-state index contributed by atoms with van der Waals surface area (Å²) in [5.74, 6) is 0. The Morgan fingerprint density at radius 1 is 1.07 bits per heavy atom. The molecule has 2 unspecified atom stereocenters. The summed E-state index contributed by atoms with van der Waals surface area (Å²) in [6.07, 6.45) is -5.42. The Balaban J connectivity index is 1.74. The molecule has 2 saturated heterocycles. The Hall–Kier alpha value is -0.990. The van der Waals surface area contributed by atoms with E-state index in [1.54, 1.807) is 0 Å². The van der Waals surface area contributed by atoms with Crippen LogP contribution in [0.4, 0.5) is 0 Å². The molecular weight excluding hydrogens is 453 g/mol. The van der Waals surface area contributed by atoms with Crippen LogP contribution in [0.1, 0.15) is 6.23 Å². The monoisotopic (exact) mass is 466 g/mol. The van der Waals surface area contributed by atoms with Crippen molar-refractivity contribution < 1.29 is 55.9 Å². The van der Waals surface area contributed by atoms with Gasteiger partial charge in [0.25, 0.3) is 5.56 Å². The normalized spacial score (nSPS) is 43.9. The second kappa shape index (κ2) is 7.36. The first-order valence-corrected chi connectivity index (χ1v) is 11.6. The third-order valence-electron chi connectivity index (χ3n) is 3.47. The molecule has 2 aliphatic heterocycles. The zero-order valence-corrected chi connectivity index (χ0v) is 16.0. The molecule has 0 saturated carbocycles. The van der Waals surface area contributed by atoms with E-state index in [2.05, 4.69) is 17.5 Å². The molecule has 5 N–H and O–H groups in total. The molecule has 3 rings (SSSR count). The van der Waals surface area contributed by atoms with E-state index in [0.717, 1.165) is 16.8 Å². The van der Waals surface area contributed by atoms with Gasteiger partial charge in [-0.2, -0.15) is 12.9 Å². The standard InChI is InChI=1S/C9H13N2O14P3/c12-5-1-2-11(9(15)10-5)8-7(14)6(13)4(22-8)3-21-28(20)24-26(16,17)23-27(18,19)25-28/h1-2,4,6-8,13-14H,3H2,(H,16,17)(H,18,19)(H,10,12,15)/t4-,6+,7-,8-/m1/s1. The minimum absolute atomic E-state index is 0.719. The third kappa shape index (κ3) is 4.60. The van der Waals surface area contributed by atoms with Gasteiger partial charge >= 0.3 is 29.2 Å². The highest BCUT2D eigenvalue weighted by Crippen LogP contribution is 2.80. The molecule has 28 heavy (non-hydrogen) atoms. The van der Waals surface area contributed by atoms with Gasteiger partial charge in [0, 0.05) is 12.3 Å². The van der Waals surface area contributed by atoms with Gasteiger partial charge in [0.15, 0.2) is 6.23 Å². The highest BCUT2D eigenvalue weighted by atomic mass is 31.3. The lowest BCUT2D eigenvalue weighted by molar-refractivity contribution is -0.0545. The van der Waals surface area contributed by atoms with Gasteiger partial charge in [0.05, 0.1) is 6.61 Å². The molecule has 0 aromatic carbocycles. The van der Waals surface area contributed by atoms with Crippen LogP contribution in [0.3, 0.4) is 0 Å². The Kier molecular flexibility index (Phi) is 5.71. The van der Waals surface area contributed by atoms with Crippen LogP contribution >= 0.6 is 23.5 Å². The van der Waals surface area contributed by atoms with Crippen molar-refractivity contribution in [2.75, 3.05) is 6.61 Å². The Bertz CT molecular complexity index is 990. The summed E-state index contributed by atoms with van der Waals surface area (Å²) < 4.78 is 57.2. The molecule has 1 aromatic rings. The topological polar surface area (TPSA) is 233 Å². The summed E-state index contributed by atoms with van der Waals surface area (Å²) in [7, 11) is -15.6. The second-order valence-corrected chi connectivity index (χ2v) is 10.5. The van der Waals surface area contributed by atoms with Crippen LogP contribution < -0.4 is 11.2 Å². The Labute approximate surface area is 154 Å². The average molecular weight is 466 g/mol. The van der Waals surface area contributed by atoms with Gasteiger partial charge in [-0.25, -0.2) is 18.5 Å². The number of aromatic amines is 1. The van der Waals surface area contributed by atoms with Gasteiger partial charge < -0.3 is 24.7 Å². The quantitative estimate of drug-likeness (QED) is 0.319. The Morgan fingerprint density at radius 3 is 2.25 bits per heavy atom. The van der Waals surface area contributed by atoms with E-state index in [4.69, 9.17) is 14.5 Å². The number of H-pyrrole nitrogens is 1. The molecule has 0 amide bonds. The summed E-state index contributed by atoms with van der Waals surface area (Å²) in [4.78, 5) is 43.0. The molecule has 19 heteroatoms. The third-order valence-corrected chi connectivity index (χ3v) is 8.84. The van der Waals surface area contributed by atoms with E-state index >= 15 is 0 Å². The van der Waals surface area contributed by atoms with E-state index in [1.165, 1.54) is 0 Å². The highest BCUT2D eigenvalue weighted by molar-refractivity contribution is 7.74. The smallest absolute Gasteiger partial charge is 0.387 e. The van der Waals surface area contributed by atoms with Gasteiger partial charge in [-0.15, -0.1) is 0 Å². The summed E-state index contributed by atoms with van der Waals surface area (Å²) >= 11 is 0. The predicted molar refractivity (Wildman–Crippen MR) is 83.7 cm³/mol. The van der Waals surface area contributed by atoms with Crippen molar-refractivity contribution in [1.29, 1.82) is 0 Å². The van der Waals surface area contributed by atoms with Crippen molar-refractivity contribution in [2.45, 2.75) is 24.5 Å². The largest absolute Gasteiger partial charge is 0.492 e. The molecule has 2 fully saturated rings. The van der Waals surface area contributed by atoms with Crippen LogP contribution in [-0.2, 0) is 35.9 Å². The van der Waals surface area contributed by atoms with Gasteiger partial charge in [0.2, 0.25) is 0 Å². The molecular formula is C9H13N2O14P3. The predicted octanol–water partition coefficient (Wildman–Crippen LogP) is -1.46. The van der Waals surface area contributed by atoms with Crippen LogP contribution in [0.2, 0.25) is 0 Å². The summed E-state index contributed by atoms with van der Waals surface area (Å²) in [6.45, 7) is -0.926. The van der Waals surface area contributed by atoms with E-state index in [9.17, 15) is 33.5 Å². The van der Waals surface area contributed by atoms with E-state index in [0.29, 0.717) is 0 Å². The maximum Gasteiger partial charge on any atom is 0.492 e. The second-order valence-electron chi connectivity index (χ2n) is 5.49. The van der Waals surface area contributed by atoms with Crippen LogP contribution in [0.5, 0.6) is 0 Å². The van der Waals surface area contributed by atoms with E-state index < -0.39 is 65.9 Å². The zero-order chi connectivity index (χ0) is 20.9. The van der Waals surface area contributed by atoms with Crippen molar-refractivity contribution in [2.24, 2.45) is 0 Å². The van der Waals surface area contributed by atoms with Gasteiger partial charge in [-0.05, 0) is 0 Å². The number of phosphoric acid groups is 3. The first-order valence-electron chi connectivity index (χ1n) is 7.18. The highest BCUT2D eigenvalue weighted by Gasteiger charge is 2.55. The maximum atomic E-state index is 12.1. The molecule has 0 aliphatic carbocycles. The number of aromatic nitrogens is 2. The number of aliphatic hydroxyl groups excluding tert-OH is 2. The first-order chi connectivity index (χ1) is 12.8. The van der Waals surface area contributed by atoms with Crippen LogP contribution in [-0.4, -0.2) is 54.5 Å². The van der Waals surface area contributed by atoms with Gasteiger partial charge in [-0.1, -0.05) is 0 Å². The minimum atomic E-state index is -5.25. The molecule has 158 valence electrons. The number of nitrogens with one attached hydrogen (secondary N) is 1. The Morgan fingerprint density at radius 2 is 1.68 bits per heavy atom. The lowest BCUT2D eigenvalue weighted by atomic mass is 10.1. The zero-order valence-electron chi connectivity index (χ0n) is 13.3. The van der Waals surface area contributed by atoms with E-state index in [-0.39, 0.29) is 0 Å². The van der Waals surface area contributed by atoms with Crippen LogP contribution in [0, 0.1) is 0 Å².